The van der Waals surface area contributed by atoms with Gasteiger partial charge >= 0.3 is 0 Å². The predicted octanol–water partition coefficient (Wildman–Crippen LogP) is 2.49. The number of nitrogens with zero attached hydrogens (tertiary/aromatic N) is 1. The molecule has 0 spiro atoms. The Morgan fingerprint density at radius 2 is 2.07 bits per heavy atom. The number of nitrogens with one attached hydrogen (secondary N) is 1. The van der Waals surface area contributed by atoms with E-state index in [1.807, 2.05) is 0 Å². The van der Waals surface area contributed by atoms with Crippen LogP contribution in [0.2, 0.25) is 0 Å². The van der Waals surface area contributed by atoms with Crippen LogP contribution < -0.4 is 5.32 Å². The monoisotopic (exact) mass is 212 g/mol. The lowest BCUT2D eigenvalue weighted by Crippen LogP contribution is -2.62. The molecule has 1 unspecified atom stereocenters. The van der Waals surface area contributed by atoms with Crippen LogP contribution in [0.1, 0.15) is 47.5 Å². The number of rotatable bonds is 4. The highest BCUT2D eigenvalue weighted by atomic mass is 15.2. The molecule has 0 amide bonds. The van der Waals surface area contributed by atoms with Crippen LogP contribution in [0.3, 0.4) is 0 Å². The minimum atomic E-state index is 0.291. The van der Waals surface area contributed by atoms with E-state index in [2.05, 4.69) is 44.8 Å². The summed E-state index contributed by atoms with van der Waals surface area (Å²) in [5.41, 5.74) is 0.291. The van der Waals surface area contributed by atoms with Gasteiger partial charge in [-0.15, -0.1) is 0 Å². The topological polar surface area (TPSA) is 15.3 Å². The van der Waals surface area contributed by atoms with E-state index in [0.717, 1.165) is 18.5 Å². The van der Waals surface area contributed by atoms with Crippen molar-refractivity contribution in [2.75, 3.05) is 19.6 Å². The average Bonchev–Trinajstić information content (AvgIpc) is 2.08. The summed E-state index contributed by atoms with van der Waals surface area (Å²) in [5, 5.41) is 3.65. The summed E-state index contributed by atoms with van der Waals surface area (Å²) < 4.78 is 0. The number of hydrogen-bond donors (Lipinski definition) is 1. The van der Waals surface area contributed by atoms with E-state index in [9.17, 15) is 0 Å². The molecule has 0 bridgehead atoms. The highest BCUT2D eigenvalue weighted by Crippen LogP contribution is 2.19. The third-order valence-electron chi connectivity index (χ3n) is 3.15. The van der Waals surface area contributed by atoms with Crippen LogP contribution in [-0.2, 0) is 0 Å². The first kappa shape index (κ1) is 13.0. The molecule has 1 aliphatic rings. The maximum Gasteiger partial charge on any atom is 0.0252 e. The molecule has 0 aromatic heterocycles. The van der Waals surface area contributed by atoms with Gasteiger partial charge in [0.25, 0.3) is 0 Å². The Kier molecular flexibility index (Phi) is 4.60. The first-order chi connectivity index (χ1) is 6.94. The van der Waals surface area contributed by atoms with E-state index >= 15 is 0 Å². The highest BCUT2D eigenvalue weighted by molar-refractivity contribution is 4.92. The van der Waals surface area contributed by atoms with Gasteiger partial charge in [0.1, 0.15) is 0 Å². The van der Waals surface area contributed by atoms with Crippen molar-refractivity contribution in [3.63, 3.8) is 0 Å². The number of piperazine rings is 1. The molecule has 2 nitrogen and oxygen atoms in total. The molecule has 1 N–H and O–H groups in total. The molecule has 1 aliphatic heterocycles. The van der Waals surface area contributed by atoms with Crippen molar-refractivity contribution in [1.82, 2.24) is 10.2 Å². The van der Waals surface area contributed by atoms with E-state index in [-0.39, 0.29) is 0 Å². The third-order valence-corrected chi connectivity index (χ3v) is 3.15. The maximum absolute atomic E-state index is 3.65. The van der Waals surface area contributed by atoms with Crippen LogP contribution in [0.4, 0.5) is 0 Å². The van der Waals surface area contributed by atoms with Crippen LogP contribution >= 0.6 is 0 Å². The van der Waals surface area contributed by atoms with Gasteiger partial charge in [-0.25, -0.2) is 0 Å². The average molecular weight is 212 g/mol. The van der Waals surface area contributed by atoms with Gasteiger partial charge in [-0.1, -0.05) is 27.2 Å². The Bertz CT molecular complexity index is 187. The smallest absolute Gasteiger partial charge is 0.0252 e. The molecule has 15 heavy (non-hydrogen) atoms. The summed E-state index contributed by atoms with van der Waals surface area (Å²) >= 11 is 0. The second-order valence-electron chi connectivity index (χ2n) is 6.03. The van der Waals surface area contributed by atoms with Gasteiger partial charge in [-0.3, -0.25) is 4.90 Å². The van der Waals surface area contributed by atoms with Crippen LogP contribution in [0.25, 0.3) is 0 Å². The Hall–Kier alpha value is -0.0800. The normalized spacial score (nSPS) is 27.2. The molecule has 2 heteroatoms. The lowest BCUT2D eigenvalue weighted by Gasteiger charge is -2.45. The van der Waals surface area contributed by atoms with Crippen molar-refractivity contribution in [3.8, 4) is 0 Å². The van der Waals surface area contributed by atoms with Crippen molar-refractivity contribution < 1.29 is 0 Å². The predicted molar refractivity (Wildman–Crippen MR) is 67.2 cm³/mol. The fourth-order valence-corrected chi connectivity index (χ4v) is 2.52. The molecule has 0 aliphatic carbocycles. The van der Waals surface area contributed by atoms with Gasteiger partial charge in [0.05, 0.1) is 0 Å². The fourth-order valence-electron chi connectivity index (χ4n) is 2.52. The van der Waals surface area contributed by atoms with Crippen molar-refractivity contribution in [3.05, 3.63) is 0 Å². The molecule has 0 radical (unpaired) electrons. The molecule has 1 fully saturated rings. The zero-order valence-corrected chi connectivity index (χ0v) is 11.1. The Morgan fingerprint density at radius 1 is 1.40 bits per heavy atom. The largest absolute Gasteiger partial charge is 0.309 e. The third kappa shape index (κ3) is 4.12. The highest BCUT2D eigenvalue weighted by Gasteiger charge is 2.31. The van der Waals surface area contributed by atoms with Gasteiger partial charge in [-0.05, 0) is 26.2 Å². The van der Waals surface area contributed by atoms with Crippen molar-refractivity contribution in [2.24, 2.45) is 5.92 Å². The molecule has 1 atom stereocenters. The van der Waals surface area contributed by atoms with E-state index in [0.29, 0.717) is 5.54 Å². The van der Waals surface area contributed by atoms with Crippen LogP contribution in [0, 0.1) is 5.92 Å². The molecule has 1 heterocycles. The quantitative estimate of drug-likeness (QED) is 0.770. The van der Waals surface area contributed by atoms with Gasteiger partial charge < -0.3 is 5.32 Å². The summed E-state index contributed by atoms with van der Waals surface area (Å²) in [6.45, 7) is 15.1. The van der Waals surface area contributed by atoms with Crippen LogP contribution in [0.5, 0.6) is 0 Å². The first-order valence-corrected chi connectivity index (χ1v) is 6.43. The zero-order chi connectivity index (χ0) is 11.5. The fraction of sp³-hybridized carbons (Fsp3) is 1.00. The van der Waals surface area contributed by atoms with E-state index < -0.39 is 0 Å². The van der Waals surface area contributed by atoms with Gasteiger partial charge in [0.15, 0.2) is 0 Å². The van der Waals surface area contributed by atoms with Crippen LogP contribution in [0.15, 0.2) is 0 Å². The van der Waals surface area contributed by atoms with E-state index in [4.69, 9.17) is 0 Å². The summed E-state index contributed by atoms with van der Waals surface area (Å²) in [6.07, 6.45) is 2.62. The van der Waals surface area contributed by atoms with E-state index in [1.54, 1.807) is 0 Å². The molecule has 0 aromatic rings. The van der Waals surface area contributed by atoms with Crippen molar-refractivity contribution >= 4 is 0 Å². The summed E-state index contributed by atoms with van der Waals surface area (Å²) in [6, 6.07) is 0.755. The Morgan fingerprint density at radius 3 is 2.60 bits per heavy atom. The standard InChI is InChI=1S/C13H28N2/c1-6-7-12-8-14-13(4,5)10-15(12)9-11(2)3/h11-12,14H,6-10H2,1-5H3. The van der Waals surface area contributed by atoms with Crippen LogP contribution in [-0.4, -0.2) is 36.1 Å². The lowest BCUT2D eigenvalue weighted by molar-refractivity contribution is 0.0786. The molecule has 0 saturated carbocycles. The molecular weight excluding hydrogens is 184 g/mol. The van der Waals surface area contributed by atoms with Crippen molar-refractivity contribution in [1.29, 1.82) is 0 Å². The van der Waals surface area contributed by atoms with Gasteiger partial charge in [0.2, 0.25) is 0 Å². The Balaban J connectivity index is 2.56. The second kappa shape index (κ2) is 5.31. The van der Waals surface area contributed by atoms with Crippen molar-refractivity contribution in [2.45, 2.75) is 59.0 Å². The molecular formula is C13H28N2. The molecule has 90 valence electrons. The summed E-state index contributed by atoms with van der Waals surface area (Å²) in [5.74, 6) is 0.776. The van der Waals surface area contributed by atoms with Gasteiger partial charge in [-0.2, -0.15) is 0 Å². The minimum Gasteiger partial charge on any atom is -0.309 e. The number of hydrogen-bond acceptors (Lipinski definition) is 2. The maximum atomic E-state index is 3.65. The SMILES string of the molecule is CCCC1CNC(C)(C)CN1CC(C)C. The molecule has 1 saturated heterocycles. The zero-order valence-electron chi connectivity index (χ0n) is 11.1. The van der Waals surface area contributed by atoms with E-state index in [1.165, 1.54) is 25.9 Å². The molecule has 1 rings (SSSR count). The minimum absolute atomic E-state index is 0.291. The molecule has 0 aromatic carbocycles. The second-order valence-corrected chi connectivity index (χ2v) is 6.03. The summed E-state index contributed by atoms with van der Waals surface area (Å²) in [7, 11) is 0. The van der Waals surface area contributed by atoms with Gasteiger partial charge in [0, 0.05) is 31.2 Å². The lowest BCUT2D eigenvalue weighted by atomic mass is 9.95. The summed E-state index contributed by atoms with van der Waals surface area (Å²) in [4.78, 5) is 2.69. The first-order valence-electron chi connectivity index (χ1n) is 6.43. The Labute approximate surface area is 95.4 Å².